The van der Waals surface area contributed by atoms with Crippen molar-refractivity contribution in [1.29, 1.82) is 0 Å². The Balaban J connectivity index is 0.000000275. The van der Waals surface area contributed by atoms with Gasteiger partial charge in [-0.2, -0.15) is 0 Å². The van der Waals surface area contributed by atoms with Crippen molar-refractivity contribution in [2.24, 2.45) is 23.7 Å². The molecule has 3 aromatic heterocycles. The molecule has 0 amide bonds. The molecule has 0 spiro atoms. The number of carbonyl (C=O) groups is 3. The Morgan fingerprint density at radius 3 is 0.952 bits per heavy atom. The van der Waals surface area contributed by atoms with Crippen LogP contribution in [0.5, 0.6) is 0 Å². The summed E-state index contributed by atoms with van der Waals surface area (Å²) in [6.07, 6.45) is 23.7. The molecule has 3 heterocycles. The minimum absolute atomic E-state index is 0. The minimum Gasteiger partial charge on any atom is -0.512 e. The van der Waals surface area contributed by atoms with Crippen LogP contribution >= 0.6 is 0 Å². The van der Waals surface area contributed by atoms with E-state index in [1.807, 2.05) is 55.4 Å². The summed E-state index contributed by atoms with van der Waals surface area (Å²) < 4.78 is 0. The minimum atomic E-state index is -0.125. The van der Waals surface area contributed by atoms with Crippen LogP contribution < -0.4 is 0 Å². The Bertz CT molecular complexity index is 3960. The maximum atomic E-state index is 11.7. The molecule has 3 aliphatic carbocycles. The first kappa shape index (κ1) is 90.5. The second-order valence-electron chi connectivity index (χ2n) is 29.3. The van der Waals surface area contributed by atoms with Crippen LogP contribution in [0.25, 0.3) is 66.5 Å². The van der Waals surface area contributed by atoms with Gasteiger partial charge in [-0.3, -0.25) is 29.3 Å². The van der Waals surface area contributed by atoms with E-state index in [0.29, 0.717) is 0 Å². The van der Waals surface area contributed by atoms with Gasteiger partial charge in [0.05, 0.1) is 33.8 Å². The number of aryl methyl sites for hydroxylation is 6. The quantitative estimate of drug-likeness (QED) is 0.0460. The van der Waals surface area contributed by atoms with E-state index in [2.05, 4.69) is 187 Å². The zero-order valence-electron chi connectivity index (χ0n) is 65.1. The van der Waals surface area contributed by atoms with Gasteiger partial charge in [-0.15, -0.1) is 105 Å². The van der Waals surface area contributed by atoms with Crippen LogP contribution in [0.1, 0.15) is 240 Å². The van der Waals surface area contributed by atoms with Gasteiger partial charge >= 0.3 is 0 Å². The monoisotopic (exact) mass is 1950 g/mol. The Kier molecular flexibility index (Phi) is 38.8. The van der Waals surface area contributed by atoms with Gasteiger partial charge in [0.25, 0.3) is 0 Å². The molecule has 12 rings (SSSR count). The molecule has 567 valence electrons. The Labute approximate surface area is 669 Å². The van der Waals surface area contributed by atoms with Gasteiger partial charge in [-0.25, -0.2) is 0 Å². The normalized spacial score (nSPS) is 14.0. The molecule has 3 aliphatic rings. The van der Waals surface area contributed by atoms with Crippen molar-refractivity contribution in [2.75, 3.05) is 0 Å². The number of benzene rings is 6. The standard InChI is InChI=1S/3C22H22N.C13H24O2.C9H16O2.C5H8O2.3Ir/c3*1-15-11-16(2)13-20(12-15)22-10-8-19-14-18(7-9-21(19)23-22)17-5-3-4-6-17;1-5-10(6-2)12(14)9-13(15)11(7-3)8-4;1-6(2)8(10)5-9(11)7(3)4;1-4(6)3-5(2)7;;;/h3*7-12,14,17H,3-6H2,1-2H3;9-11,14H,5-8H2,1-4H3;5-7,10H,1-4H3;3,6H,1-2H3;;;/q3*-1;;;;;;. The van der Waals surface area contributed by atoms with E-state index < -0.39 is 0 Å². The van der Waals surface area contributed by atoms with Gasteiger partial charge in [0, 0.05) is 102 Å². The van der Waals surface area contributed by atoms with Gasteiger partial charge in [0.15, 0.2) is 17.3 Å². The number of fused-ring (bicyclic) bond motifs is 3. The molecule has 3 saturated carbocycles. The first-order valence-corrected chi connectivity index (χ1v) is 37.8. The molecule has 0 bridgehead atoms. The summed E-state index contributed by atoms with van der Waals surface area (Å²) in [7, 11) is 0. The summed E-state index contributed by atoms with van der Waals surface area (Å²) in [5, 5.41) is 31.1. The van der Waals surface area contributed by atoms with E-state index in [9.17, 15) is 24.6 Å². The Morgan fingerprint density at radius 2 is 0.705 bits per heavy atom. The van der Waals surface area contributed by atoms with Crippen LogP contribution in [0, 0.1) is 83.4 Å². The molecule has 6 aromatic carbocycles. The summed E-state index contributed by atoms with van der Waals surface area (Å²) in [6, 6.07) is 56.7. The van der Waals surface area contributed by atoms with Crippen molar-refractivity contribution < 1.29 is 90.0 Å². The third kappa shape index (κ3) is 28.3. The third-order valence-corrected chi connectivity index (χ3v) is 19.8. The fourth-order valence-electron chi connectivity index (χ4n) is 14.1. The summed E-state index contributed by atoms with van der Waals surface area (Å²) >= 11 is 0. The van der Waals surface area contributed by atoms with Crippen molar-refractivity contribution in [1.82, 2.24) is 15.0 Å². The van der Waals surface area contributed by atoms with E-state index >= 15 is 0 Å². The maximum Gasteiger partial charge on any atom is 0.162 e. The Morgan fingerprint density at radius 1 is 0.400 bits per heavy atom. The average Bonchev–Trinajstić information content (AvgIpc) is 1.62. The maximum absolute atomic E-state index is 11.7. The van der Waals surface area contributed by atoms with Gasteiger partial charge in [-0.1, -0.05) is 190 Å². The molecule has 12 heteroatoms. The molecule has 0 aliphatic heterocycles. The van der Waals surface area contributed by atoms with Crippen molar-refractivity contribution in [3.05, 3.63) is 231 Å². The zero-order chi connectivity index (χ0) is 74.2. The van der Waals surface area contributed by atoms with Crippen molar-refractivity contribution >= 4 is 50.1 Å². The summed E-state index contributed by atoms with van der Waals surface area (Å²) in [6.45, 7) is 30.9. The van der Waals surface area contributed by atoms with Crippen LogP contribution in [0.2, 0.25) is 0 Å². The predicted octanol–water partition coefficient (Wildman–Crippen LogP) is 25.1. The largest absolute Gasteiger partial charge is 0.512 e. The van der Waals surface area contributed by atoms with Gasteiger partial charge in [0.1, 0.15) is 0 Å². The molecule has 0 atom stereocenters. The van der Waals surface area contributed by atoms with E-state index in [1.165, 1.54) is 175 Å². The smallest absolute Gasteiger partial charge is 0.162 e. The molecule has 105 heavy (non-hydrogen) atoms. The first-order valence-electron chi connectivity index (χ1n) is 37.8. The van der Waals surface area contributed by atoms with E-state index in [-0.39, 0.29) is 119 Å². The van der Waals surface area contributed by atoms with Crippen LogP contribution in [-0.2, 0) is 74.7 Å². The van der Waals surface area contributed by atoms with E-state index in [0.717, 1.165) is 93.8 Å². The van der Waals surface area contributed by atoms with Gasteiger partial charge in [-0.05, 0) is 182 Å². The molecule has 3 radical (unpaired) electrons. The van der Waals surface area contributed by atoms with Crippen molar-refractivity contribution in [3.63, 3.8) is 0 Å². The number of hydrogen-bond acceptors (Lipinski definition) is 9. The molecule has 3 fully saturated rings. The van der Waals surface area contributed by atoms with Crippen LogP contribution in [0.4, 0.5) is 0 Å². The molecule has 0 saturated heterocycles. The number of ketones is 3. The van der Waals surface area contributed by atoms with Crippen LogP contribution in [-0.4, -0.2) is 47.6 Å². The average molecular weight is 1950 g/mol. The summed E-state index contributed by atoms with van der Waals surface area (Å²) in [5.74, 6) is 2.91. The fourth-order valence-corrected chi connectivity index (χ4v) is 14.1. The summed E-state index contributed by atoms with van der Waals surface area (Å²) in [5.41, 5.74) is 21.3. The number of aliphatic hydroxyl groups is 3. The molecular formula is C93H114Ir3N3O6-3. The number of nitrogens with zero attached hydrogens (tertiary/aromatic N) is 3. The number of rotatable bonds is 17. The molecule has 0 unspecified atom stereocenters. The second-order valence-corrected chi connectivity index (χ2v) is 29.3. The molecular weight excluding hydrogens is 1830 g/mol. The summed E-state index contributed by atoms with van der Waals surface area (Å²) in [4.78, 5) is 47.3. The number of allylic oxidation sites excluding steroid dienone is 6. The number of pyridine rings is 3. The third-order valence-electron chi connectivity index (χ3n) is 19.8. The molecule has 9 aromatic rings. The first-order chi connectivity index (χ1) is 48.7. The predicted molar refractivity (Wildman–Crippen MR) is 426 cm³/mol. The van der Waals surface area contributed by atoms with Crippen molar-refractivity contribution in [2.45, 2.75) is 231 Å². The number of aliphatic hydroxyl groups excluding tert-OH is 3. The zero-order valence-corrected chi connectivity index (χ0v) is 72.3. The second kappa shape index (κ2) is 45.1. The topological polar surface area (TPSA) is 151 Å². The van der Waals surface area contributed by atoms with Crippen molar-refractivity contribution in [3.8, 4) is 33.8 Å². The van der Waals surface area contributed by atoms with Gasteiger partial charge < -0.3 is 15.3 Å². The van der Waals surface area contributed by atoms with Gasteiger partial charge in [0.2, 0.25) is 0 Å². The van der Waals surface area contributed by atoms with E-state index in [1.54, 1.807) is 0 Å². The van der Waals surface area contributed by atoms with Crippen LogP contribution in [0.15, 0.2) is 163 Å². The molecule has 9 nitrogen and oxygen atoms in total. The molecule has 3 N–H and O–H groups in total. The fraction of sp³-hybridized carbons (Fsp3) is 0.419. The number of carbonyl (C=O) groups excluding carboxylic acids is 3. The Hall–Kier alpha value is -6.87. The van der Waals surface area contributed by atoms with E-state index in [4.69, 9.17) is 20.1 Å². The van der Waals surface area contributed by atoms with Crippen LogP contribution in [0.3, 0.4) is 0 Å². The SMILES string of the molecule is CC(=O)C=C(C)O.CC(C)C(=O)C=C(O)C(C)C.CCC(CC)C(=O)C=C(O)C(CC)CC.Cc1[c-]c(-c2ccc3cc(C4CCCC4)ccc3n2)cc(C)c1.Cc1[c-]c(-c2ccc3cc(C4CCCC4)ccc3n2)cc(C)c1.Cc1[c-]c(-c2ccc3cc(C4CCCC4)ccc3n2)cc(C)c1.[Ir].[Ir].[Ir]. The number of aromatic nitrogens is 3. The number of hydrogen-bond donors (Lipinski definition) is 3.